The van der Waals surface area contributed by atoms with Crippen LogP contribution in [0.2, 0.25) is 0 Å². The van der Waals surface area contributed by atoms with E-state index < -0.39 is 5.60 Å². The highest BCUT2D eigenvalue weighted by Gasteiger charge is 2.32. The number of rotatable bonds is 6. The van der Waals surface area contributed by atoms with Gasteiger partial charge in [0.1, 0.15) is 5.60 Å². The predicted octanol–water partition coefficient (Wildman–Crippen LogP) is 4.25. The summed E-state index contributed by atoms with van der Waals surface area (Å²) in [5, 5.41) is 3.62. The van der Waals surface area contributed by atoms with Gasteiger partial charge in [-0.05, 0) is 79.2 Å². The van der Waals surface area contributed by atoms with Gasteiger partial charge >= 0.3 is 6.09 Å². The van der Waals surface area contributed by atoms with E-state index in [4.69, 9.17) is 4.74 Å². The summed E-state index contributed by atoms with van der Waals surface area (Å²) in [6, 6.07) is 0.753. The fourth-order valence-electron chi connectivity index (χ4n) is 3.58. The Morgan fingerprint density at radius 2 is 2.22 bits per heavy atom. The standard InChI is InChI=1S/C19H34N2O2/c1-15(20-12-11-16-8-5-6-9-16)14-17-10-7-13-21(17)18(22)23-19(2,3)4/h8,15,17,20H,5-7,9-14H2,1-4H3. The Morgan fingerprint density at radius 1 is 1.43 bits per heavy atom. The van der Waals surface area contributed by atoms with Gasteiger partial charge in [0.15, 0.2) is 0 Å². The molecule has 2 rings (SSSR count). The van der Waals surface area contributed by atoms with Crippen LogP contribution >= 0.6 is 0 Å². The number of likely N-dealkylation sites (tertiary alicyclic amines) is 1. The minimum Gasteiger partial charge on any atom is -0.444 e. The summed E-state index contributed by atoms with van der Waals surface area (Å²) in [4.78, 5) is 14.3. The van der Waals surface area contributed by atoms with Crippen LogP contribution in [0, 0.1) is 0 Å². The van der Waals surface area contributed by atoms with Gasteiger partial charge in [-0.3, -0.25) is 0 Å². The van der Waals surface area contributed by atoms with E-state index in [1.54, 1.807) is 5.57 Å². The van der Waals surface area contributed by atoms with Gasteiger partial charge < -0.3 is 15.0 Å². The Bertz CT molecular complexity index is 426. The second-order valence-corrected chi connectivity index (χ2v) is 8.07. The SMILES string of the molecule is CC(CC1CCCN1C(=O)OC(C)(C)C)NCCC1=CCCC1. The molecule has 0 spiro atoms. The van der Waals surface area contributed by atoms with E-state index in [1.165, 1.54) is 25.7 Å². The largest absolute Gasteiger partial charge is 0.444 e. The van der Waals surface area contributed by atoms with Crippen LogP contribution < -0.4 is 5.32 Å². The number of allylic oxidation sites excluding steroid dienone is 1. The molecule has 132 valence electrons. The van der Waals surface area contributed by atoms with Crippen LogP contribution in [0.5, 0.6) is 0 Å². The monoisotopic (exact) mass is 322 g/mol. The Balaban J connectivity index is 1.72. The van der Waals surface area contributed by atoms with Gasteiger partial charge in [0.05, 0.1) is 0 Å². The van der Waals surface area contributed by atoms with E-state index >= 15 is 0 Å². The van der Waals surface area contributed by atoms with Crippen LogP contribution in [0.3, 0.4) is 0 Å². The first-order valence-electron chi connectivity index (χ1n) is 9.26. The normalized spacial score (nSPS) is 23.0. The van der Waals surface area contributed by atoms with E-state index in [-0.39, 0.29) is 6.09 Å². The molecule has 0 aromatic rings. The molecule has 2 atom stereocenters. The predicted molar refractivity (Wildman–Crippen MR) is 94.6 cm³/mol. The maximum absolute atomic E-state index is 12.3. The first kappa shape index (κ1) is 18.3. The molecule has 1 heterocycles. The number of nitrogens with zero attached hydrogens (tertiary/aromatic N) is 1. The summed E-state index contributed by atoms with van der Waals surface area (Å²) in [5.74, 6) is 0. The molecule has 0 saturated carbocycles. The van der Waals surface area contributed by atoms with E-state index in [9.17, 15) is 4.79 Å². The molecule has 0 radical (unpaired) electrons. The Labute approximate surface area is 141 Å². The molecule has 1 N–H and O–H groups in total. The van der Waals surface area contributed by atoms with E-state index in [0.29, 0.717) is 12.1 Å². The van der Waals surface area contributed by atoms with Gasteiger partial charge in [-0.1, -0.05) is 11.6 Å². The van der Waals surface area contributed by atoms with Crippen molar-refractivity contribution in [3.8, 4) is 0 Å². The van der Waals surface area contributed by atoms with Crippen molar-refractivity contribution >= 4 is 6.09 Å². The van der Waals surface area contributed by atoms with Gasteiger partial charge in [-0.15, -0.1) is 0 Å². The highest BCUT2D eigenvalue weighted by atomic mass is 16.6. The summed E-state index contributed by atoms with van der Waals surface area (Å²) >= 11 is 0. The second kappa shape index (κ2) is 8.18. The smallest absolute Gasteiger partial charge is 0.410 e. The third-order valence-corrected chi connectivity index (χ3v) is 4.70. The van der Waals surface area contributed by atoms with E-state index in [2.05, 4.69) is 18.3 Å². The zero-order chi connectivity index (χ0) is 16.9. The minimum absolute atomic E-state index is 0.150. The molecule has 2 unspecified atom stereocenters. The lowest BCUT2D eigenvalue weighted by molar-refractivity contribution is 0.0215. The van der Waals surface area contributed by atoms with Crippen molar-refractivity contribution in [1.29, 1.82) is 0 Å². The maximum atomic E-state index is 12.3. The lowest BCUT2D eigenvalue weighted by Crippen LogP contribution is -2.42. The van der Waals surface area contributed by atoms with Crippen LogP contribution in [0.1, 0.15) is 72.6 Å². The summed E-state index contributed by atoms with van der Waals surface area (Å²) in [7, 11) is 0. The van der Waals surface area contributed by atoms with Gasteiger partial charge in [0.25, 0.3) is 0 Å². The number of hydrogen-bond donors (Lipinski definition) is 1. The average molecular weight is 322 g/mol. The zero-order valence-electron chi connectivity index (χ0n) is 15.4. The van der Waals surface area contributed by atoms with Crippen molar-refractivity contribution in [1.82, 2.24) is 10.2 Å². The lowest BCUT2D eigenvalue weighted by atomic mass is 10.1. The van der Waals surface area contributed by atoms with Crippen LogP contribution in [-0.2, 0) is 4.74 Å². The summed E-state index contributed by atoms with van der Waals surface area (Å²) in [6.45, 7) is 9.90. The maximum Gasteiger partial charge on any atom is 0.410 e. The number of carbonyl (C=O) groups excluding carboxylic acids is 1. The lowest BCUT2D eigenvalue weighted by Gasteiger charge is -2.30. The molecule has 1 fully saturated rings. The molecule has 2 aliphatic rings. The molecule has 1 amide bonds. The van der Waals surface area contributed by atoms with Gasteiger partial charge in [0, 0.05) is 18.6 Å². The first-order chi connectivity index (χ1) is 10.8. The summed E-state index contributed by atoms with van der Waals surface area (Å²) in [5.41, 5.74) is 1.20. The minimum atomic E-state index is -0.414. The quantitative estimate of drug-likeness (QED) is 0.743. The van der Waals surface area contributed by atoms with Crippen LogP contribution in [-0.4, -0.2) is 41.8 Å². The van der Waals surface area contributed by atoms with Gasteiger partial charge in [-0.2, -0.15) is 0 Å². The fourth-order valence-corrected chi connectivity index (χ4v) is 3.58. The van der Waals surface area contributed by atoms with Crippen molar-refractivity contribution in [3.05, 3.63) is 11.6 Å². The fraction of sp³-hybridized carbons (Fsp3) is 0.842. The highest BCUT2D eigenvalue weighted by molar-refractivity contribution is 5.68. The highest BCUT2D eigenvalue weighted by Crippen LogP contribution is 2.24. The third-order valence-electron chi connectivity index (χ3n) is 4.70. The molecule has 0 aromatic carbocycles. The van der Waals surface area contributed by atoms with E-state index in [1.807, 2.05) is 25.7 Å². The number of hydrogen-bond acceptors (Lipinski definition) is 3. The second-order valence-electron chi connectivity index (χ2n) is 8.07. The molecular weight excluding hydrogens is 288 g/mol. The van der Waals surface area contributed by atoms with Crippen molar-refractivity contribution in [3.63, 3.8) is 0 Å². The number of ether oxygens (including phenoxy) is 1. The van der Waals surface area contributed by atoms with Gasteiger partial charge in [0.2, 0.25) is 0 Å². The molecule has 4 nitrogen and oxygen atoms in total. The van der Waals surface area contributed by atoms with Crippen molar-refractivity contribution in [2.45, 2.75) is 90.3 Å². The third kappa shape index (κ3) is 6.17. The van der Waals surface area contributed by atoms with Gasteiger partial charge in [-0.25, -0.2) is 4.79 Å². The van der Waals surface area contributed by atoms with Crippen LogP contribution in [0.15, 0.2) is 11.6 Å². The zero-order valence-corrected chi connectivity index (χ0v) is 15.4. The molecule has 0 bridgehead atoms. The molecule has 23 heavy (non-hydrogen) atoms. The Hall–Kier alpha value is -1.03. The molecule has 1 aliphatic carbocycles. The molecular formula is C19H34N2O2. The average Bonchev–Trinajstić information content (AvgIpc) is 3.07. The summed E-state index contributed by atoms with van der Waals surface area (Å²) in [6.07, 6.45) is 10.5. The van der Waals surface area contributed by atoms with Crippen molar-refractivity contribution < 1.29 is 9.53 Å². The molecule has 0 aromatic heterocycles. The van der Waals surface area contributed by atoms with Crippen molar-refractivity contribution in [2.24, 2.45) is 0 Å². The first-order valence-corrected chi connectivity index (χ1v) is 9.26. The Morgan fingerprint density at radius 3 is 2.87 bits per heavy atom. The molecule has 4 heteroatoms. The van der Waals surface area contributed by atoms with Crippen molar-refractivity contribution in [2.75, 3.05) is 13.1 Å². The topological polar surface area (TPSA) is 41.6 Å². The van der Waals surface area contributed by atoms with Crippen LogP contribution in [0.25, 0.3) is 0 Å². The van der Waals surface area contributed by atoms with E-state index in [0.717, 1.165) is 32.4 Å². The number of carbonyl (C=O) groups is 1. The Kier molecular flexibility index (Phi) is 6.51. The molecule has 1 saturated heterocycles. The number of amides is 1. The number of nitrogens with one attached hydrogen (secondary N) is 1. The van der Waals surface area contributed by atoms with Crippen LogP contribution in [0.4, 0.5) is 4.79 Å². The molecule has 1 aliphatic heterocycles. The summed E-state index contributed by atoms with van der Waals surface area (Å²) < 4.78 is 5.54.